The molecule has 0 spiro atoms. The number of methoxy groups -OCH3 is 1. The van der Waals surface area contributed by atoms with Crippen molar-refractivity contribution in [1.29, 1.82) is 5.26 Å². The third-order valence-electron chi connectivity index (χ3n) is 7.12. The van der Waals surface area contributed by atoms with E-state index in [-0.39, 0.29) is 6.61 Å². The number of hydrogen-bond donors (Lipinski definition) is 1. The minimum absolute atomic E-state index is 0.0577. The lowest BCUT2D eigenvalue weighted by Crippen LogP contribution is -2.68. The summed E-state index contributed by atoms with van der Waals surface area (Å²) in [5.41, 5.74) is 8.45. The van der Waals surface area contributed by atoms with Crippen LogP contribution in [0.25, 0.3) is 16.6 Å². The highest BCUT2D eigenvalue weighted by Gasteiger charge is 2.44. The number of piperidine rings is 1. The number of aromatic nitrogens is 4. The van der Waals surface area contributed by atoms with E-state index in [2.05, 4.69) is 37.8 Å². The van der Waals surface area contributed by atoms with E-state index in [0.717, 1.165) is 36.6 Å². The molecule has 2 atom stereocenters. The monoisotopic (exact) mass is 526 g/mol. The molecule has 3 fully saturated rings. The Morgan fingerprint density at radius 3 is 2.59 bits per heavy atom. The summed E-state index contributed by atoms with van der Waals surface area (Å²) in [6.45, 7) is 2.68. The van der Waals surface area contributed by atoms with Crippen LogP contribution in [-0.2, 0) is 11.3 Å². The summed E-state index contributed by atoms with van der Waals surface area (Å²) >= 11 is 0. The van der Waals surface area contributed by atoms with Crippen LogP contribution >= 0.6 is 0 Å². The molecule has 3 aliphatic heterocycles. The largest absolute Gasteiger partial charge is 0.485 e. The van der Waals surface area contributed by atoms with Gasteiger partial charge in [0.05, 0.1) is 30.6 Å². The summed E-state index contributed by atoms with van der Waals surface area (Å²) in [6.07, 6.45) is 8.79. The molecule has 0 radical (unpaired) electrons. The van der Waals surface area contributed by atoms with E-state index in [0.29, 0.717) is 41.1 Å². The van der Waals surface area contributed by atoms with Gasteiger partial charge in [0.25, 0.3) is 0 Å². The minimum Gasteiger partial charge on any atom is -0.485 e. The fraction of sp³-hybridized carbons (Fsp3) is 0.321. The highest BCUT2D eigenvalue weighted by atomic mass is 16.5. The number of ether oxygens (including phenoxy) is 2. The lowest BCUT2D eigenvalue weighted by molar-refractivity contribution is -0.109. The SMILES string of the molecule is CN.COc1ccc(CN2C3CC2CN(c2ccc(-c4cc(OCC=O)cn5ncc(C#N)c45)cn2)C3)cn1. The van der Waals surface area contributed by atoms with Crippen molar-refractivity contribution in [3.05, 3.63) is 66.2 Å². The minimum atomic E-state index is -0.0577. The van der Waals surface area contributed by atoms with E-state index in [1.807, 2.05) is 36.7 Å². The quantitative estimate of drug-likeness (QED) is 0.341. The summed E-state index contributed by atoms with van der Waals surface area (Å²) in [5.74, 6) is 2.06. The number of rotatable bonds is 8. The van der Waals surface area contributed by atoms with Crippen molar-refractivity contribution in [2.24, 2.45) is 5.73 Å². The van der Waals surface area contributed by atoms with Crippen molar-refractivity contribution in [2.45, 2.75) is 25.0 Å². The van der Waals surface area contributed by atoms with Crippen molar-refractivity contribution < 1.29 is 14.3 Å². The number of anilines is 1. The molecule has 2 bridgehead atoms. The van der Waals surface area contributed by atoms with Crippen LogP contribution in [0.15, 0.2) is 55.1 Å². The molecular formula is C28H30N8O3. The van der Waals surface area contributed by atoms with Crippen LogP contribution in [0.4, 0.5) is 5.82 Å². The van der Waals surface area contributed by atoms with Crippen molar-refractivity contribution >= 4 is 17.6 Å². The second-order valence-electron chi connectivity index (χ2n) is 9.26. The molecule has 2 N–H and O–H groups in total. The standard InChI is InChI=1S/C27H25N7O3.CH5N/c1-36-26-5-2-18(11-30-26)14-33-21-8-22(33)16-32(15-21)25-4-3-19(12-29-25)24-9-23(37-7-6-35)17-34-27(24)20(10-28)13-31-34;1-2/h2-6,9,11-13,17,21-22H,7-8,14-16H2,1H3;2H2,1H3. The maximum atomic E-state index is 10.8. The Hall–Kier alpha value is -4.53. The summed E-state index contributed by atoms with van der Waals surface area (Å²) in [4.78, 5) is 24.8. The van der Waals surface area contributed by atoms with E-state index in [9.17, 15) is 10.1 Å². The van der Waals surface area contributed by atoms with Gasteiger partial charge in [-0.1, -0.05) is 6.07 Å². The smallest absolute Gasteiger partial charge is 0.212 e. The Morgan fingerprint density at radius 2 is 1.95 bits per heavy atom. The second kappa shape index (κ2) is 11.5. The van der Waals surface area contributed by atoms with Crippen LogP contribution in [0.5, 0.6) is 11.6 Å². The zero-order valence-corrected chi connectivity index (χ0v) is 21.9. The third-order valence-corrected chi connectivity index (χ3v) is 7.12. The Bertz CT molecular complexity index is 1470. The summed E-state index contributed by atoms with van der Waals surface area (Å²) < 4.78 is 12.3. The van der Waals surface area contributed by atoms with E-state index in [1.165, 1.54) is 25.2 Å². The summed E-state index contributed by atoms with van der Waals surface area (Å²) in [6, 6.07) is 13.0. The maximum Gasteiger partial charge on any atom is 0.212 e. The van der Waals surface area contributed by atoms with Gasteiger partial charge in [0.2, 0.25) is 5.88 Å². The van der Waals surface area contributed by atoms with Gasteiger partial charge in [-0.05, 0) is 37.2 Å². The van der Waals surface area contributed by atoms with Crippen LogP contribution in [0, 0.1) is 11.3 Å². The lowest BCUT2D eigenvalue weighted by Gasteiger charge is -2.56. The van der Waals surface area contributed by atoms with Gasteiger partial charge in [0.1, 0.15) is 24.2 Å². The van der Waals surface area contributed by atoms with E-state index >= 15 is 0 Å². The molecule has 0 amide bonds. The van der Waals surface area contributed by atoms with Gasteiger partial charge in [-0.2, -0.15) is 10.4 Å². The Morgan fingerprint density at radius 1 is 1.13 bits per heavy atom. The Labute approximate surface area is 226 Å². The number of nitrogens with zero attached hydrogens (tertiary/aromatic N) is 7. The molecule has 3 aliphatic rings. The van der Waals surface area contributed by atoms with Gasteiger partial charge >= 0.3 is 0 Å². The van der Waals surface area contributed by atoms with Crippen LogP contribution < -0.4 is 20.1 Å². The first-order valence-electron chi connectivity index (χ1n) is 12.7. The van der Waals surface area contributed by atoms with Gasteiger partial charge in [-0.15, -0.1) is 0 Å². The number of nitrogens with two attached hydrogens (primary N) is 1. The molecule has 7 rings (SSSR count). The molecule has 4 aromatic heterocycles. The molecule has 200 valence electrons. The second-order valence-corrected chi connectivity index (χ2v) is 9.26. The number of carbonyl (C=O) groups excluding carboxylic acids is 1. The zero-order chi connectivity index (χ0) is 27.4. The highest BCUT2D eigenvalue weighted by molar-refractivity contribution is 5.85. The zero-order valence-electron chi connectivity index (χ0n) is 21.9. The van der Waals surface area contributed by atoms with E-state index < -0.39 is 0 Å². The number of aldehydes is 1. The predicted octanol–water partition coefficient (Wildman–Crippen LogP) is 2.29. The fourth-order valence-corrected chi connectivity index (χ4v) is 5.31. The van der Waals surface area contributed by atoms with Crippen molar-refractivity contribution in [1.82, 2.24) is 24.5 Å². The Balaban J connectivity index is 0.00000151. The number of fused-ring (bicyclic) bond motifs is 3. The fourth-order valence-electron chi connectivity index (χ4n) is 5.31. The lowest BCUT2D eigenvalue weighted by atomic mass is 9.87. The molecule has 11 nitrogen and oxygen atoms in total. The predicted molar refractivity (Wildman–Crippen MR) is 146 cm³/mol. The van der Waals surface area contributed by atoms with Gasteiger partial charge in [0, 0.05) is 61.3 Å². The molecule has 0 aromatic carbocycles. The number of hydrogen-bond acceptors (Lipinski definition) is 10. The molecule has 4 aromatic rings. The van der Waals surface area contributed by atoms with Crippen molar-refractivity contribution in [2.75, 3.05) is 38.8 Å². The van der Waals surface area contributed by atoms with Crippen LogP contribution in [0.2, 0.25) is 0 Å². The van der Waals surface area contributed by atoms with Crippen molar-refractivity contribution in [3.8, 4) is 28.8 Å². The molecular weight excluding hydrogens is 496 g/mol. The summed E-state index contributed by atoms with van der Waals surface area (Å²) in [5, 5.41) is 13.8. The van der Waals surface area contributed by atoms with E-state index in [4.69, 9.17) is 14.5 Å². The van der Waals surface area contributed by atoms with Crippen LogP contribution in [0.3, 0.4) is 0 Å². The molecule has 3 saturated heterocycles. The van der Waals surface area contributed by atoms with Gasteiger partial charge in [-0.3, -0.25) is 9.69 Å². The number of nitriles is 1. The first-order valence-corrected chi connectivity index (χ1v) is 12.7. The molecule has 0 aliphatic carbocycles. The number of carbonyl (C=O) groups is 1. The maximum absolute atomic E-state index is 10.8. The average molecular weight is 527 g/mol. The third kappa shape index (κ3) is 5.12. The molecule has 0 saturated carbocycles. The molecule has 2 unspecified atom stereocenters. The summed E-state index contributed by atoms with van der Waals surface area (Å²) in [7, 11) is 3.13. The number of piperazine rings is 1. The molecule has 39 heavy (non-hydrogen) atoms. The Kier molecular flexibility index (Phi) is 7.67. The normalized spacial score (nSPS) is 17.9. The van der Waals surface area contributed by atoms with Crippen LogP contribution in [-0.4, -0.2) is 76.7 Å². The van der Waals surface area contributed by atoms with Crippen molar-refractivity contribution in [3.63, 3.8) is 0 Å². The highest BCUT2D eigenvalue weighted by Crippen LogP contribution is 2.36. The van der Waals surface area contributed by atoms with Gasteiger partial charge in [0.15, 0.2) is 6.29 Å². The van der Waals surface area contributed by atoms with Gasteiger partial charge in [-0.25, -0.2) is 14.5 Å². The average Bonchev–Trinajstić information content (AvgIpc) is 3.43. The topological polar surface area (TPSA) is 135 Å². The molecule has 7 heterocycles. The van der Waals surface area contributed by atoms with Crippen LogP contribution in [0.1, 0.15) is 17.5 Å². The van der Waals surface area contributed by atoms with Gasteiger partial charge < -0.3 is 20.1 Å². The number of pyridine rings is 3. The first-order chi connectivity index (χ1) is 19.2. The van der Waals surface area contributed by atoms with E-state index in [1.54, 1.807) is 17.8 Å². The molecule has 11 heteroatoms. The first kappa shape index (κ1) is 26.1.